The first-order chi connectivity index (χ1) is 10.5. The van der Waals surface area contributed by atoms with Crippen LogP contribution in [0.4, 0.5) is 4.39 Å². The number of halogens is 1. The summed E-state index contributed by atoms with van der Waals surface area (Å²) < 4.78 is 13.0. The first-order valence-electron chi connectivity index (χ1n) is 7.35. The predicted molar refractivity (Wildman–Crippen MR) is 81.2 cm³/mol. The molecule has 1 aromatic rings. The van der Waals surface area contributed by atoms with Gasteiger partial charge in [-0.2, -0.15) is 9.59 Å². The normalized spacial score (nSPS) is 11.1. The Labute approximate surface area is 130 Å². The van der Waals surface area contributed by atoms with Crippen LogP contribution in [0.2, 0.25) is 6.32 Å². The number of carbonyl (C=O) groups excluding carboxylic acids is 2. The molecule has 4 N–H and O–H groups in total. The average Bonchev–Trinajstić information content (AvgIpc) is 2.44. The highest BCUT2D eigenvalue weighted by Gasteiger charge is 2.07. The minimum atomic E-state index is -1.20. The largest absolute Gasteiger partial charge is 0.451 e. The Balaban J connectivity index is 0.00000135. The van der Waals surface area contributed by atoms with Crippen LogP contribution in [-0.2, 0) is 16.0 Å². The highest BCUT2D eigenvalue weighted by Crippen LogP contribution is 2.11. The van der Waals surface area contributed by atoms with Crippen LogP contribution in [0.1, 0.15) is 37.7 Å². The number of benzene rings is 1. The second-order valence-electron chi connectivity index (χ2n) is 5.13. The first kappa shape index (κ1) is 20.5. The lowest BCUT2D eigenvalue weighted by molar-refractivity contribution is -0.191. The van der Waals surface area contributed by atoms with Crippen LogP contribution < -0.4 is 5.73 Å². The third-order valence-electron chi connectivity index (χ3n) is 3.22. The van der Waals surface area contributed by atoms with Gasteiger partial charge in [-0.3, -0.25) is 0 Å². The van der Waals surface area contributed by atoms with Crippen molar-refractivity contribution >= 4 is 13.3 Å². The Morgan fingerprint density at radius 2 is 1.82 bits per heavy atom. The third kappa shape index (κ3) is 12.2. The molecule has 0 aliphatic carbocycles. The molecule has 0 bridgehead atoms. The van der Waals surface area contributed by atoms with E-state index in [1.165, 1.54) is 6.07 Å². The van der Waals surface area contributed by atoms with Crippen molar-refractivity contribution in [1.82, 2.24) is 0 Å². The molecule has 7 heteroatoms. The summed E-state index contributed by atoms with van der Waals surface area (Å²) in [4.78, 5) is 16.2. The molecule has 1 rings (SSSR count). The van der Waals surface area contributed by atoms with Crippen molar-refractivity contribution in [2.75, 3.05) is 0 Å². The summed E-state index contributed by atoms with van der Waals surface area (Å²) in [6, 6.07) is 6.81. The second kappa shape index (κ2) is 13.2. The SMILES string of the molecule is NC(CCCCB(O)O)CCCc1cccc(F)c1.O=C=O. The molecule has 0 aliphatic heterocycles. The number of hydrogen-bond donors (Lipinski definition) is 3. The topological polar surface area (TPSA) is 101 Å². The summed E-state index contributed by atoms with van der Waals surface area (Å²) in [7, 11) is -1.20. The van der Waals surface area contributed by atoms with Crippen molar-refractivity contribution in [2.24, 2.45) is 5.73 Å². The maximum absolute atomic E-state index is 13.0. The van der Waals surface area contributed by atoms with Gasteiger partial charge in [0, 0.05) is 6.04 Å². The minimum absolute atomic E-state index is 0.143. The van der Waals surface area contributed by atoms with Crippen molar-refractivity contribution < 1.29 is 24.0 Å². The monoisotopic (exact) mass is 311 g/mol. The molecular weight excluding hydrogens is 288 g/mol. The van der Waals surface area contributed by atoms with Crippen LogP contribution in [0.15, 0.2) is 24.3 Å². The van der Waals surface area contributed by atoms with Gasteiger partial charge in [0.1, 0.15) is 5.82 Å². The van der Waals surface area contributed by atoms with Crippen molar-refractivity contribution in [3.8, 4) is 0 Å². The van der Waals surface area contributed by atoms with E-state index in [0.29, 0.717) is 6.32 Å². The van der Waals surface area contributed by atoms with Gasteiger partial charge in [0.15, 0.2) is 0 Å². The number of hydrogen-bond acceptors (Lipinski definition) is 5. The Bertz CT molecular complexity index is 439. The zero-order valence-corrected chi connectivity index (χ0v) is 12.6. The Morgan fingerprint density at radius 1 is 1.18 bits per heavy atom. The van der Waals surface area contributed by atoms with Gasteiger partial charge in [0.25, 0.3) is 0 Å². The van der Waals surface area contributed by atoms with Gasteiger partial charge in [0.2, 0.25) is 0 Å². The molecule has 0 fully saturated rings. The third-order valence-corrected chi connectivity index (χ3v) is 3.22. The Morgan fingerprint density at radius 3 is 2.41 bits per heavy atom. The smallest absolute Gasteiger partial charge is 0.427 e. The highest BCUT2D eigenvalue weighted by molar-refractivity contribution is 6.40. The zero-order chi connectivity index (χ0) is 16.8. The van der Waals surface area contributed by atoms with Gasteiger partial charge >= 0.3 is 13.3 Å². The van der Waals surface area contributed by atoms with E-state index in [9.17, 15) is 4.39 Å². The maximum atomic E-state index is 13.0. The summed E-state index contributed by atoms with van der Waals surface area (Å²) >= 11 is 0. The van der Waals surface area contributed by atoms with Gasteiger partial charge in [-0.05, 0) is 49.7 Å². The van der Waals surface area contributed by atoms with Crippen LogP contribution in [0.25, 0.3) is 0 Å². The molecule has 0 saturated heterocycles. The van der Waals surface area contributed by atoms with Crippen LogP contribution >= 0.6 is 0 Å². The molecule has 5 nitrogen and oxygen atoms in total. The molecule has 0 aromatic heterocycles. The van der Waals surface area contributed by atoms with E-state index in [4.69, 9.17) is 25.4 Å². The van der Waals surface area contributed by atoms with Crippen molar-refractivity contribution in [2.45, 2.75) is 50.9 Å². The molecule has 1 aromatic carbocycles. The van der Waals surface area contributed by atoms with Gasteiger partial charge < -0.3 is 15.8 Å². The van der Waals surface area contributed by atoms with Crippen LogP contribution in [0.5, 0.6) is 0 Å². The maximum Gasteiger partial charge on any atom is 0.451 e. The quantitative estimate of drug-likeness (QED) is 0.474. The van der Waals surface area contributed by atoms with Crippen LogP contribution in [-0.4, -0.2) is 29.4 Å². The lowest BCUT2D eigenvalue weighted by atomic mass is 9.83. The van der Waals surface area contributed by atoms with E-state index >= 15 is 0 Å². The van der Waals surface area contributed by atoms with Crippen molar-refractivity contribution in [3.05, 3.63) is 35.6 Å². The van der Waals surface area contributed by atoms with E-state index in [-0.39, 0.29) is 18.0 Å². The fourth-order valence-electron chi connectivity index (χ4n) is 2.14. The van der Waals surface area contributed by atoms with Crippen molar-refractivity contribution in [3.63, 3.8) is 0 Å². The first-order valence-corrected chi connectivity index (χ1v) is 7.35. The molecule has 1 unspecified atom stereocenters. The van der Waals surface area contributed by atoms with Gasteiger partial charge in [0.05, 0.1) is 0 Å². The van der Waals surface area contributed by atoms with E-state index < -0.39 is 7.12 Å². The molecule has 1 atom stereocenters. The minimum Gasteiger partial charge on any atom is -0.427 e. The summed E-state index contributed by atoms with van der Waals surface area (Å²) in [5.41, 5.74) is 7.00. The summed E-state index contributed by atoms with van der Waals surface area (Å²) in [5, 5.41) is 17.4. The molecule has 0 spiro atoms. The Kier molecular flexibility index (Phi) is 12.2. The van der Waals surface area contributed by atoms with Crippen LogP contribution in [0, 0.1) is 5.82 Å². The predicted octanol–water partition coefficient (Wildman–Crippen LogP) is 1.54. The number of rotatable bonds is 9. The molecule has 0 saturated carbocycles. The van der Waals surface area contributed by atoms with E-state index in [1.807, 2.05) is 6.07 Å². The average molecular weight is 311 g/mol. The van der Waals surface area contributed by atoms with Gasteiger partial charge in [-0.15, -0.1) is 0 Å². The summed E-state index contributed by atoms with van der Waals surface area (Å²) in [5.74, 6) is -0.190. The molecule has 0 radical (unpaired) electrons. The fourth-order valence-corrected chi connectivity index (χ4v) is 2.14. The highest BCUT2D eigenvalue weighted by atomic mass is 19.1. The van der Waals surface area contributed by atoms with Crippen molar-refractivity contribution in [1.29, 1.82) is 0 Å². The van der Waals surface area contributed by atoms with E-state index in [2.05, 4.69) is 0 Å². The molecule has 122 valence electrons. The van der Waals surface area contributed by atoms with E-state index in [1.54, 1.807) is 12.1 Å². The van der Waals surface area contributed by atoms with Gasteiger partial charge in [-0.1, -0.05) is 25.0 Å². The Hall–Kier alpha value is -1.53. The fraction of sp³-hybridized carbons (Fsp3) is 0.533. The summed E-state index contributed by atoms with van der Waals surface area (Å²) in [6.45, 7) is 0. The lowest BCUT2D eigenvalue weighted by Crippen LogP contribution is -2.20. The number of unbranched alkanes of at least 4 members (excludes halogenated alkanes) is 1. The molecule has 0 aliphatic rings. The molecular formula is C15H23BFNO4. The lowest BCUT2D eigenvalue weighted by Gasteiger charge is -2.11. The zero-order valence-electron chi connectivity index (χ0n) is 12.6. The second-order valence-corrected chi connectivity index (χ2v) is 5.13. The van der Waals surface area contributed by atoms with Crippen LogP contribution in [0.3, 0.4) is 0 Å². The number of nitrogens with two attached hydrogens (primary N) is 1. The molecule has 22 heavy (non-hydrogen) atoms. The molecule has 0 heterocycles. The number of aryl methyl sites for hydroxylation is 1. The summed E-state index contributed by atoms with van der Waals surface area (Å²) in [6.07, 6.45) is 5.98. The molecule has 0 amide bonds. The van der Waals surface area contributed by atoms with E-state index in [0.717, 1.165) is 44.1 Å². The standard InChI is InChI=1S/C14H23BFNO2.CO2/c16-13-7-3-5-12(11-13)6-4-9-14(17)8-1-2-10-15(18)19;2-1-3/h3,5,7,11,14,18-19H,1-2,4,6,8-10,17H2;. The van der Waals surface area contributed by atoms with Gasteiger partial charge in [-0.25, -0.2) is 4.39 Å².